The number of benzene rings is 1. The average Bonchev–Trinajstić information content (AvgIpc) is 2.36. The summed E-state index contributed by atoms with van der Waals surface area (Å²) in [6.45, 7) is 3.72. The summed E-state index contributed by atoms with van der Waals surface area (Å²) in [5, 5.41) is -0.116. The summed E-state index contributed by atoms with van der Waals surface area (Å²) in [6, 6.07) is 3.42. The van der Waals surface area contributed by atoms with E-state index in [1.54, 1.807) is 26.2 Å². The van der Waals surface area contributed by atoms with Crippen LogP contribution in [0.4, 0.5) is 4.79 Å². The quantitative estimate of drug-likeness (QED) is 0.785. The number of methoxy groups -OCH3 is 1. The van der Waals surface area contributed by atoms with Crippen LogP contribution in [-0.2, 0) is 0 Å². The number of carbonyl (C=O) groups is 2. The monoisotopic (exact) mass is 309 g/mol. The SMILES string of the molecule is COc1c(SC(=O)N(C)C)ccc2c1OC(C)(C)CC2=O. The van der Waals surface area contributed by atoms with Crippen molar-refractivity contribution >= 4 is 22.8 Å². The van der Waals surface area contributed by atoms with E-state index in [-0.39, 0.29) is 11.0 Å². The number of ether oxygens (including phenoxy) is 2. The Hall–Kier alpha value is -1.69. The Morgan fingerprint density at radius 2 is 2.05 bits per heavy atom. The minimum Gasteiger partial charge on any atom is -0.492 e. The topological polar surface area (TPSA) is 55.8 Å². The molecule has 6 heteroatoms. The van der Waals surface area contributed by atoms with Crippen molar-refractivity contribution in [3.63, 3.8) is 0 Å². The number of thioether (sulfide) groups is 1. The predicted octanol–water partition coefficient (Wildman–Crippen LogP) is 3.21. The highest BCUT2D eigenvalue weighted by molar-refractivity contribution is 8.13. The summed E-state index contributed by atoms with van der Waals surface area (Å²) in [6.07, 6.45) is 0.326. The van der Waals surface area contributed by atoms with Crippen LogP contribution in [0.15, 0.2) is 17.0 Å². The molecule has 0 bridgehead atoms. The molecule has 0 atom stereocenters. The Balaban J connectivity index is 2.48. The number of fused-ring (bicyclic) bond motifs is 1. The highest BCUT2D eigenvalue weighted by Crippen LogP contribution is 2.45. The van der Waals surface area contributed by atoms with Gasteiger partial charge < -0.3 is 14.4 Å². The van der Waals surface area contributed by atoms with Gasteiger partial charge in [-0.2, -0.15) is 0 Å². The number of nitrogens with zero attached hydrogens (tertiary/aromatic N) is 1. The van der Waals surface area contributed by atoms with E-state index >= 15 is 0 Å². The van der Waals surface area contributed by atoms with Crippen LogP contribution < -0.4 is 9.47 Å². The number of hydrogen-bond acceptors (Lipinski definition) is 5. The van der Waals surface area contributed by atoms with E-state index in [2.05, 4.69) is 0 Å². The van der Waals surface area contributed by atoms with E-state index in [1.807, 2.05) is 13.8 Å². The third-order valence-corrected chi connectivity index (χ3v) is 4.19. The molecule has 0 spiro atoms. The molecular formula is C15H19NO4S. The minimum absolute atomic E-state index is 0.0232. The summed E-state index contributed by atoms with van der Waals surface area (Å²) in [7, 11) is 4.88. The van der Waals surface area contributed by atoms with Gasteiger partial charge in [-0.05, 0) is 37.7 Å². The Bertz CT molecular complexity index is 596. The molecule has 21 heavy (non-hydrogen) atoms. The molecule has 0 aliphatic carbocycles. The van der Waals surface area contributed by atoms with Crippen molar-refractivity contribution in [2.75, 3.05) is 21.2 Å². The highest BCUT2D eigenvalue weighted by Gasteiger charge is 2.35. The number of amides is 1. The first-order valence-electron chi connectivity index (χ1n) is 6.57. The molecule has 0 radical (unpaired) electrons. The van der Waals surface area contributed by atoms with Gasteiger partial charge in [-0.3, -0.25) is 9.59 Å². The first-order chi connectivity index (χ1) is 9.75. The number of rotatable bonds is 2. The molecule has 0 unspecified atom stereocenters. The van der Waals surface area contributed by atoms with Crippen molar-refractivity contribution in [1.82, 2.24) is 4.90 Å². The van der Waals surface area contributed by atoms with Gasteiger partial charge in [0.2, 0.25) is 0 Å². The van der Waals surface area contributed by atoms with Crippen LogP contribution in [0.1, 0.15) is 30.6 Å². The lowest BCUT2D eigenvalue weighted by Crippen LogP contribution is -2.36. The second-order valence-corrected chi connectivity index (χ2v) is 6.69. The Kier molecular flexibility index (Phi) is 4.18. The van der Waals surface area contributed by atoms with Gasteiger partial charge in [0.15, 0.2) is 17.3 Å². The van der Waals surface area contributed by atoms with Gasteiger partial charge in [0.05, 0.1) is 24.0 Å². The van der Waals surface area contributed by atoms with Crippen molar-refractivity contribution in [1.29, 1.82) is 0 Å². The third kappa shape index (κ3) is 3.15. The fourth-order valence-electron chi connectivity index (χ4n) is 2.12. The maximum atomic E-state index is 12.2. The van der Waals surface area contributed by atoms with E-state index in [0.717, 1.165) is 11.8 Å². The number of carbonyl (C=O) groups excluding carboxylic acids is 2. The van der Waals surface area contributed by atoms with Gasteiger partial charge in [0.25, 0.3) is 5.24 Å². The predicted molar refractivity (Wildman–Crippen MR) is 81.6 cm³/mol. The Morgan fingerprint density at radius 3 is 2.62 bits per heavy atom. The molecule has 1 amide bonds. The van der Waals surface area contributed by atoms with E-state index in [0.29, 0.717) is 28.4 Å². The third-order valence-electron chi connectivity index (χ3n) is 3.11. The molecule has 0 saturated carbocycles. The van der Waals surface area contributed by atoms with Gasteiger partial charge in [-0.15, -0.1) is 0 Å². The zero-order chi connectivity index (χ0) is 15.8. The zero-order valence-electron chi connectivity index (χ0n) is 12.9. The van der Waals surface area contributed by atoms with Crippen molar-refractivity contribution in [2.45, 2.75) is 30.8 Å². The molecule has 1 heterocycles. The Labute approximate surface area is 128 Å². The van der Waals surface area contributed by atoms with E-state index in [1.165, 1.54) is 12.0 Å². The van der Waals surface area contributed by atoms with Gasteiger partial charge in [0.1, 0.15) is 5.60 Å². The summed E-state index contributed by atoms with van der Waals surface area (Å²) in [4.78, 5) is 26.2. The van der Waals surface area contributed by atoms with Crippen LogP contribution in [0, 0.1) is 0 Å². The van der Waals surface area contributed by atoms with Gasteiger partial charge >= 0.3 is 0 Å². The van der Waals surface area contributed by atoms with E-state index in [9.17, 15) is 9.59 Å². The smallest absolute Gasteiger partial charge is 0.286 e. The van der Waals surface area contributed by atoms with Crippen molar-refractivity contribution in [3.05, 3.63) is 17.7 Å². The lowest BCUT2D eigenvalue weighted by molar-refractivity contribution is 0.0598. The van der Waals surface area contributed by atoms with Gasteiger partial charge in [0, 0.05) is 14.1 Å². The fourth-order valence-corrected chi connectivity index (χ4v) is 2.89. The summed E-state index contributed by atoms with van der Waals surface area (Å²) < 4.78 is 11.3. The molecule has 0 saturated heterocycles. The van der Waals surface area contributed by atoms with Crippen molar-refractivity contribution in [3.8, 4) is 11.5 Å². The zero-order valence-corrected chi connectivity index (χ0v) is 13.7. The Morgan fingerprint density at radius 1 is 1.38 bits per heavy atom. The second-order valence-electron chi connectivity index (χ2n) is 5.70. The molecule has 1 aliphatic rings. The van der Waals surface area contributed by atoms with Crippen LogP contribution in [0.2, 0.25) is 0 Å². The minimum atomic E-state index is -0.577. The van der Waals surface area contributed by atoms with E-state index < -0.39 is 5.60 Å². The molecule has 2 rings (SSSR count). The van der Waals surface area contributed by atoms with Gasteiger partial charge in [-0.1, -0.05) is 0 Å². The number of hydrogen-bond donors (Lipinski definition) is 0. The number of Topliss-reactive ketones (excluding diaryl/α,β-unsaturated/α-hetero) is 1. The average molecular weight is 309 g/mol. The highest BCUT2D eigenvalue weighted by atomic mass is 32.2. The molecule has 5 nitrogen and oxygen atoms in total. The largest absolute Gasteiger partial charge is 0.492 e. The van der Waals surface area contributed by atoms with Crippen LogP contribution >= 0.6 is 11.8 Å². The van der Waals surface area contributed by atoms with Crippen molar-refractivity contribution < 1.29 is 19.1 Å². The van der Waals surface area contributed by atoms with Crippen LogP contribution in [0.25, 0.3) is 0 Å². The first-order valence-corrected chi connectivity index (χ1v) is 7.39. The maximum absolute atomic E-state index is 12.2. The van der Waals surface area contributed by atoms with E-state index in [4.69, 9.17) is 9.47 Å². The standard InChI is InChI=1S/C15H19NO4S/c1-15(2)8-10(17)9-6-7-11(21-14(18)16(3)4)13(19-5)12(9)20-15/h6-7H,8H2,1-5H3. The maximum Gasteiger partial charge on any atom is 0.286 e. The molecule has 1 aliphatic heterocycles. The summed E-state index contributed by atoms with van der Waals surface area (Å²) in [5.41, 5.74) is -0.0699. The lowest BCUT2D eigenvalue weighted by atomic mass is 9.93. The molecule has 114 valence electrons. The molecule has 0 fully saturated rings. The first kappa shape index (κ1) is 15.7. The van der Waals surface area contributed by atoms with Crippen LogP contribution in [-0.4, -0.2) is 42.7 Å². The molecule has 1 aromatic carbocycles. The second kappa shape index (κ2) is 5.60. The summed E-state index contributed by atoms with van der Waals surface area (Å²) >= 11 is 1.05. The van der Waals surface area contributed by atoms with Gasteiger partial charge in [-0.25, -0.2) is 0 Å². The molecular weight excluding hydrogens is 290 g/mol. The van der Waals surface area contributed by atoms with Crippen molar-refractivity contribution in [2.24, 2.45) is 0 Å². The van der Waals surface area contributed by atoms with Crippen LogP contribution in [0.5, 0.6) is 11.5 Å². The normalized spacial score (nSPS) is 16.0. The number of ketones is 1. The molecule has 0 N–H and O–H groups in total. The lowest BCUT2D eigenvalue weighted by Gasteiger charge is -2.32. The molecule has 1 aromatic rings. The van der Waals surface area contributed by atoms with Crippen LogP contribution in [0.3, 0.4) is 0 Å². The molecule has 0 aromatic heterocycles. The summed E-state index contributed by atoms with van der Waals surface area (Å²) in [5.74, 6) is 0.888. The fraction of sp³-hybridized carbons (Fsp3) is 0.467.